The number of Topliss-reactive ketones (excluding diaryl/α,β-unsaturated/α-hetero) is 1. The lowest BCUT2D eigenvalue weighted by molar-refractivity contribution is -0.170. The van der Waals surface area contributed by atoms with Crippen LogP contribution in [0.3, 0.4) is 0 Å². The maximum absolute atomic E-state index is 14.3. The average Bonchev–Trinajstić information content (AvgIpc) is 2.81. The summed E-state index contributed by atoms with van der Waals surface area (Å²) in [6, 6.07) is 1.72. The number of carbonyl (C=O) groups is 1. The van der Waals surface area contributed by atoms with Crippen molar-refractivity contribution in [2.45, 2.75) is 44.8 Å². The largest absolute Gasteiger partial charge is 0.371 e. The minimum Gasteiger partial charge on any atom is -0.371 e. The van der Waals surface area contributed by atoms with Crippen LogP contribution in [0.2, 0.25) is 5.02 Å². The molecular formula is C23H29ClFN5O3. The summed E-state index contributed by atoms with van der Waals surface area (Å²) in [4.78, 5) is 25.2. The number of nitrogens with one attached hydrogen (secondary N) is 2. The van der Waals surface area contributed by atoms with Crippen molar-refractivity contribution in [2.24, 2.45) is 5.92 Å². The predicted molar refractivity (Wildman–Crippen MR) is 123 cm³/mol. The van der Waals surface area contributed by atoms with Gasteiger partial charge < -0.3 is 20.1 Å². The van der Waals surface area contributed by atoms with Crippen molar-refractivity contribution in [1.29, 1.82) is 0 Å². The van der Waals surface area contributed by atoms with E-state index in [2.05, 4.69) is 25.6 Å². The molecular weight excluding hydrogens is 449 g/mol. The summed E-state index contributed by atoms with van der Waals surface area (Å²) in [7, 11) is 0. The second kappa shape index (κ2) is 10.4. The Labute approximate surface area is 197 Å². The number of nitrogens with zero attached hydrogens (tertiary/aromatic N) is 3. The fourth-order valence-corrected chi connectivity index (χ4v) is 4.10. The Balaban J connectivity index is 1.45. The van der Waals surface area contributed by atoms with E-state index in [1.165, 1.54) is 12.4 Å². The van der Waals surface area contributed by atoms with E-state index in [1.54, 1.807) is 6.07 Å². The second-order valence-corrected chi connectivity index (χ2v) is 9.53. The zero-order chi connectivity index (χ0) is 23.4. The Kier molecular flexibility index (Phi) is 7.53. The number of aromatic nitrogens is 3. The molecule has 10 heteroatoms. The first-order valence-electron chi connectivity index (χ1n) is 11.2. The van der Waals surface area contributed by atoms with Crippen molar-refractivity contribution >= 4 is 23.2 Å². The van der Waals surface area contributed by atoms with E-state index in [0.29, 0.717) is 48.3 Å². The summed E-state index contributed by atoms with van der Waals surface area (Å²) < 4.78 is 25.8. The van der Waals surface area contributed by atoms with Gasteiger partial charge in [-0.3, -0.25) is 9.78 Å². The van der Waals surface area contributed by atoms with Crippen LogP contribution in [0, 0.1) is 11.9 Å². The number of anilines is 1. The molecule has 0 aliphatic carbocycles. The van der Waals surface area contributed by atoms with Crippen LogP contribution in [0.1, 0.15) is 32.4 Å². The Morgan fingerprint density at radius 1 is 1.36 bits per heavy atom. The molecule has 2 N–H and O–H groups in total. The quantitative estimate of drug-likeness (QED) is 0.628. The molecule has 2 atom stereocenters. The van der Waals surface area contributed by atoms with Gasteiger partial charge in [-0.15, -0.1) is 0 Å². The van der Waals surface area contributed by atoms with Crippen LogP contribution >= 0.6 is 11.6 Å². The fourth-order valence-electron chi connectivity index (χ4n) is 3.90. The number of hydrogen-bond donors (Lipinski definition) is 2. The van der Waals surface area contributed by atoms with Gasteiger partial charge in [0, 0.05) is 42.9 Å². The molecule has 0 unspecified atom stereocenters. The summed E-state index contributed by atoms with van der Waals surface area (Å²) in [5.41, 5.74) is 1.21. The smallest absolute Gasteiger partial charge is 0.255 e. The SMILES string of the molecule is CC1(C)CO[C@H](CNc2nc(-c3cc(CC(=O)[C@@H]4CCCNC4)ncc3Cl)cnc2F)CO1. The topological polar surface area (TPSA) is 98.3 Å². The molecule has 178 valence electrons. The summed E-state index contributed by atoms with van der Waals surface area (Å²) in [6.07, 6.45) is 4.68. The molecule has 0 amide bonds. The fraction of sp³-hybridized carbons (Fsp3) is 0.565. The van der Waals surface area contributed by atoms with Gasteiger partial charge in [-0.25, -0.2) is 9.97 Å². The number of pyridine rings is 1. The number of halogens is 2. The third kappa shape index (κ3) is 6.23. The maximum atomic E-state index is 14.3. The van der Waals surface area contributed by atoms with Gasteiger partial charge >= 0.3 is 0 Å². The number of carbonyl (C=O) groups excluding carboxylic acids is 1. The molecule has 2 aliphatic rings. The van der Waals surface area contributed by atoms with E-state index in [9.17, 15) is 9.18 Å². The van der Waals surface area contributed by atoms with Crippen molar-refractivity contribution in [1.82, 2.24) is 20.3 Å². The van der Waals surface area contributed by atoms with Crippen molar-refractivity contribution < 1.29 is 18.7 Å². The third-order valence-corrected chi connectivity index (χ3v) is 6.15. The first-order valence-corrected chi connectivity index (χ1v) is 11.6. The second-order valence-electron chi connectivity index (χ2n) is 9.12. The molecule has 0 bridgehead atoms. The van der Waals surface area contributed by atoms with Gasteiger partial charge in [0.15, 0.2) is 5.82 Å². The minimum atomic E-state index is -0.721. The van der Waals surface area contributed by atoms with Crippen molar-refractivity contribution in [2.75, 3.05) is 38.2 Å². The molecule has 2 aromatic heterocycles. The number of rotatable bonds is 7. The zero-order valence-corrected chi connectivity index (χ0v) is 19.6. The number of ketones is 1. The normalized spacial score (nSPS) is 22.7. The Hall–Kier alpha value is -2.20. The lowest BCUT2D eigenvalue weighted by Gasteiger charge is -2.35. The van der Waals surface area contributed by atoms with E-state index in [0.717, 1.165) is 19.4 Å². The summed E-state index contributed by atoms with van der Waals surface area (Å²) in [5.74, 6) is -0.577. The van der Waals surface area contributed by atoms with Gasteiger partial charge in [0.25, 0.3) is 5.95 Å². The summed E-state index contributed by atoms with van der Waals surface area (Å²) in [5, 5.41) is 6.57. The highest BCUT2D eigenvalue weighted by molar-refractivity contribution is 6.33. The van der Waals surface area contributed by atoms with Gasteiger partial charge in [-0.2, -0.15) is 4.39 Å². The van der Waals surface area contributed by atoms with E-state index in [4.69, 9.17) is 21.1 Å². The van der Waals surface area contributed by atoms with Gasteiger partial charge in [0.2, 0.25) is 0 Å². The van der Waals surface area contributed by atoms with Crippen LogP contribution in [0.4, 0.5) is 10.2 Å². The predicted octanol–water partition coefficient (Wildman–Crippen LogP) is 3.05. The van der Waals surface area contributed by atoms with E-state index in [-0.39, 0.29) is 35.6 Å². The molecule has 0 aromatic carbocycles. The average molecular weight is 478 g/mol. The van der Waals surface area contributed by atoms with E-state index >= 15 is 0 Å². The van der Waals surface area contributed by atoms with E-state index in [1.807, 2.05) is 13.8 Å². The monoisotopic (exact) mass is 477 g/mol. The van der Waals surface area contributed by atoms with Gasteiger partial charge in [0.05, 0.1) is 41.8 Å². The molecule has 0 radical (unpaired) electrons. The standard InChI is InChI=1S/C23H29ClFN5O3/c1-23(2)13-32-16(12-33-23)9-29-22-21(25)28-11-19(30-22)17-6-15(27-10-18(17)24)7-20(31)14-4-3-5-26-8-14/h6,10-11,14,16,26H,3-5,7-9,12-13H2,1-2H3,(H,29,30)/t14-,16-/m1/s1. The van der Waals surface area contributed by atoms with Crippen LogP contribution < -0.4 is 10.6 Å². The third-order valence-electron chi connectivity index (χ3n) is 5.85. The summed E-state index contributed by atoms with van der Waals surface area (Å²) >= 11 is 6.36. The van der Waals surface area contributed by atoms with Crippen molar-refractivity contribution in [3.63, 3.8) is 0 Å². The Morgan fingerprint density at radius 3 is 2.94 bits per heavy atom. The number of ether oxygens (including phenoxy) is 2. The molecule has 2 fully saturated rings. The highest BCUT2D eigenvalue weighted by Crippen LogP contribution is 2.28. The lowest BCUT2D eigenvalue weighted by Crippen LogP contribution is -2.44. The van der Waals surface area contributed by atoms with E-state index < -0.39 is 5.95 Å². The molecule has 2 saturated heterocycles. The van der Waals surface area contributed by atoms with Crippen LogP contribution in [-0.2, 0) is 20.7 Å². The van der Waals surface area contributed by atoms with Crippen molar-refractivity contribution in [3.05, 3.63) is 35.1 Å². The first kappa shape index (κ1) is 23.9. The number of piperidine rings is 1. The molecule has 33 heavy (non-hydrogen) atoms. The van der Waals surface area contributed by atoms with Crippen LogP contribution in [0.15, 0.2) is 18.5 Å². The first-order chi connectivity index (χ1) is 15.8. The lowest BCUT2D eigenvalue weighted by atomic mass is 9.92. The molecule has 2 aromatic rings. The maximum Gasteiger partial charge on any atom is 0.255 e. The van der Waals surface area contributed by atoms with Crippen LogP contribution in [-0.4, -0.2) is 65.3 Å². The molecule has 8 nitrogen and oxygen atoms in total. The molecule has 2 aliphatic heterocycles. The van der Waals surface area contributed by atoms with Gasteiger partial charge in [-0.05, 0) is 39.3 Å². The van der Waals surface area contributed by atoms with Crippen molar-refractivity contribution in [3.8, 4) is 11.3 Å². The molecule has 4 heterocycles. The number of hydrogen-bond acceptors (Lipinski definition) is 8. The summed E-state index contributed by atoms with van der Waals surface area (Å²) in [6.45, 7) is 6.74. The minimum absolute atomic E-state index is 0.000260. The molecule has 0 spiro atoms. The van der Waals surface area contributed by atoms with Gasteiger partial charge in [-0.1, -0.05) is 11.6 Å². The Bertz CT molecular complexity index is 990. The molecule has 4 rings (SSSR count). The molecule has 0 saturated carbocycles. The van der Waals surface area contributed by atoms with Gasteiger partial charge in [0.1, 0.15) is 5.78 Å². The Morgan fingerprint density at radius 2 is 2.21 bits per heavy atom. The highest BCUT2D eigenvalue weighted by atomic mass is 35.5. The highest BCUT2D eigenvalue weighted by Gasteiger charge is 2.28. The van der Waals surface area contributed by atoms with Crippen LogP contribution in [0.25, 0.3) is 11.3 Å². The zero-order valence-electron chi connectivity index (χ0n) is 18.9. The van der Waals surface area contributed by atoms with Crippen LogP contribution in [0.5, 0.6) is 0 Å².